The fraction of sp³-hybridized carbons (Fsp3) is 0.500. The van der Waals surface area contributed by atoms with E-state index in [0.29, 0.717) is 18.1 Å². The maximum Gasteiger partial charge on any atom is 0.273 e. The van der Waals surface area contributed by atoms with E-state index in [2.05, 4.69) is 15.3 Å². The Morgan fingerprint density at radius 1 is 1.47 bits per heavy atom. The highest BCUT2D eigenvalue weighted by molar-refractivity contribution is 5.92. The number of hydrogen-bond acceptors (Lipinski definition) is 4. The molecule has 1 heterocycles. The Kier molecular flexibility index (Phi) is 4.03. The third-order valence-electron chi connectivity index (χ3n) is 2.03. The molecule has 1 rings (SSSR count). The van der Waals surface area contributed by atoms with Gasteiger partial charge >= 0.3 is 0 Å². The smallest absolute Gasteiger partial charge is 0.273 e. The predicted octanol–water partition coefficient (Wildman–Crippen LogP) is 1.00. The van der Waals surface area contributed by atoms with Crippen molar-refractivity contribution in [2.24, 2.45) is 0 Å². The molecule has 1 aromatic rings. The van der Waals surface area contributed by atoms with Crippen LogP contribution in [0.4, 0.5) is 5.82 Å². The molecule has 1 amide bonds. The van der Waals surface area contributed by atoms with Gasteiger partial charge in [0.1, 0.15) is 11.5 Å². The second-order valence-corrected chi connectivity index (χ2v) is 3.14. The number of nitrogens with one attached hydrogen (secondary N) is 1. The van der Waals surface area contributed by atoms with Gasteiger partial charge in [-0.15, -0.1) is 0 Å². The second-order valence-electron chi connectivity index (χ2n) is 3.14. The Bertz CT molecular complexity index is 340. The van der Waals surface area contributed by atoms with Gasteiger partial charge in [-0.25, -0.2) is 4.98 Å². The van der Waals surface area contributed by atoms with Gasteiger partial charge in [-0.3, -0.25) is 9.78 Å². The molecule has 0 aliphatic heterocycles. The van der Waals surface area contributed by atoms with Crippen molar-refractivity contribution in [3.63, 3.8) is 0 Å². The van der Waals surface area contributed by atoms with Crippen LogP contribution in [0, 0.1) is 0 Å². The van der Waals surface area contributed by atoms with Crippen molar-refractivity contribution in [1.29, 1.82) is 0 Å². The fourth-order valence-corrected chi connectivity index (χ4v) is 1.07. The van der Waals surface area contributed by atoms with Gasteiger partial charge in [0.15, 0.2) is 0 Å². The van der Waals surface area contributed by atoms with Gasteiger partial charge in [-0.2, -0.15) is 0 Å². The largest absolute Gasteiger partial charge is 0.369 e. The van der Waals surface area contributed by atoms with E-state index in [1.807, 2.05) is 13.8 Å². The van der Waals surface area contributed by atoms with Crippen LogP contribution in [0.1, 0.15) is 24.3 Å². The molecule has 0 aromatic carbocycles. The molecule has 15 heavy (non-hydrogen) atoms. The average Bonchev–Trinajstić information content (AvgIpc) is 2.28. The lowest BCUT2D eigenvalue weighted by Gasteiger charge is -2.13. The molecule has 0 saturated heterocycles. The first-order valence-electron chi connectivity index (χ1n) is 5.00. The van der Waals surface area contributed by atoms with E-state index >= 15 is 0 Å². The zero-order valence-electron chi connectivity index (χ0n) is 9.32. The first kappa shape index (κ1) is 11.4. The summed E-state index contributed by atoms with van der Waals surface area (Å²) in [4.78, 5) is 21.5. The van der Waals surface area contributed by atoms with Crippen LogP contribution in [0.3, 0.4) is 0 Å². The topological polar surface area (TPSA) is 58.1 Å². The summed E-state index contributed by atoms with van der Waals surface area (Å²) in [6.07, 6.45) is 3.08. The Hall–Kier alpha value is -1.65. The Balaban J connectivity index is 2.85. The van der Waals surface area contributed by atoms with Crippen LogP contribution in [0.15, 0.2) is 12.4 Å². The van der Waals surface area contributed by atoms with Gasteiger partial charge in [0.05, 0.1) is 12.4 Å². The zero-order valence-corrected chi connectivity index (χ0v) is 9.32. The van der Waals surface area contributed by atoms with Crippen LogP contribution < -0.4 is 5.32 Å². The van der Waals surface area contributed by atoms with Gasteiger partial charge in [0.25, 0.3) is 5.91 Å². The lowest BCUT2D eigenvalue weighted by molar-refractivity contribution is 0.0796. The summed E-state index contributed by atoms with van der Waals surface area (Å²) in [6.45, 7) is 5.30. The van der Waals surface area contributed by atoms with Crippen molar-refractivity contribution >= 4 is 11.7 Å². The highest BCUT2D eigenvalue weighted by Gasteiger charge is 2.12. The first-order chi connectivity index (χ1) is 7.19. The molecule has 0 atom stereocenters. The fourth-order valence-electron chi connectivity index (χ4n) is 1.07. The number of rotatable bonds is 4. The molecule has 0 bridgehead atoms. The molecule has 1 N–H and O–H groups in total. The molecule has 0 fully saturated rings. The molecule has 0 unspecified atom stereocenters. The highest BCUT2D eigenvalue weighted by atomic mass is 16.2. The lowest BCUT2D eigenvalue weighted by atomic mass is 10.4. The SMILES string of the molecule is CCNc1cncc(C(=O)N(C)CC)n1. The third-order valence-corrected chi connectivity index (χ3v) is 2.03. The Morgan fingerprint density at radius 3 is 2.80 bits per heavy atom. The van der Waals surface area contributed by atoms with E-state index in [-0.39, 0.29) is 5.91 Å². The number of aromatic nitrogens is 2. The van der Waals surface area contributed by atoms with Crippen LogP contribution in [0.5, 0.6) is 0 Å². The van der Waals surface area contributed by atoms with Crippen LogP contribution in [-0.2, 0) is 0 Å². The number of carbonyl (C=O) groups excluding carboxylic acids is 1. The van der Waals surface area contributed by atoms with Crippen LogP contribution in [-0.4, -0.2) is 40.9 Å². The van der Waals surface area contributed by atoms with E-state index < -0.39 is 0 Å². The van der Waals surface area contributed by atoms with Crippen molar-refractivity contribution < 1.29 is 4.79 Å². The molecule has 1 aromatic heterocycles. The quantitative estimate of drug-likeness (QED) is 0.802. The molecular formula is C10H16N4O. The minimum Gasteiger partial charge on any atom is -0.369 e. The molecule has 0 aliphatic rings. The lowest BCUT2D eigenvalue weighted by Crippen LogP contribution is -2.27. The normalized spacial score (nSPS) is 9.80. The Labute approximate surface area is 89.5 Å². The van der Waals surface area contributed by atoms with Crippen LogP contribution in [0.2, 0.25) is 0 Å². The van der Waals surface area contributed by atoms with E-state index in [9.17, 15) is 4.79 Å². The van der Waals surface area contributed by atoms with E-state index in [1.54, 1.807) is 18.1 Å². The van der Waals surface area contributed by atoms with E-state index in [4.69, 9.17) is 0 Å². The van der Waals surface area contributed by atoms with Gasteiger partial charge < -0.3 is 10.2 Å². The summed E-state index contributed by atoms with van der Waals surface area (Å²) < 4.78 is 0. The number of amides is 1. The van der Waals surface area contributed by atoms with Gasteiger partial charge in [0.2, 0.25) is 0 Å². The average molecular weight is 208 g/mol. The summed E-state index contributed by atoms with van der Waals surface area (Å²) in [7, 11) is 1.74. The zero-order chi connectivity index (χ0) is 11.3. The van der Waals surface area contributed by atoms with E-state index in [0.717, 1.165) is 6.54 Å². The minimum atomic E-state index is -0.107. The summed E-state index contributed by atoms with van der Waals surface area (Å²) in [5.74, 6) is 0.526. The maximum absolute atomic E-state index is 11.7. The third kappa shape index (κ3) is 2.90. The van der Waals surface area contributed by atoms with Crippen molar-refractivity contribution in [3.8, 4) is 0 Å². The Morgan fingerprint density at radius 2 is 2.20 bits per heavy atom. The van der Waals surface area contributed by atoms with Crippen LogP contribution >= 0.6 is 0 Å². The van der Waals surface area contributed by atoms with Crippen molar-refractivity contribution in [1.82, 2.24) is 14.9 Å². The molecule has 0 radical (unpaired) electrons. The second kappa shape index (κ2) is 5.29. The predicted molar refractivity (Wildman–Crippen MR) is 58.8 cm³/mol. The molecule has 5 heteroatoms. The standard InChI is InChI=1S/C10H16N4O/c1-4-12-9-7-11-6-8(13-9)10(15)14(3)5-2/h6-7H,4-5H2,1-3H3,(H,12,13). The number of anilines is 1. The summed E-state index contributed by atoms with van der Waals surface area (Å²) in [5, 5.41) is 3.02. The summed E-state index contributed by atoms with van der Waals surface area (Å²) in [6, 6.07) is 0. The molecular weight excluding hydrogens is 192 g/mol. The first-order valence-corrected chi connectivity index (χ1v) is 5.00. The molecule has 0 spiro atoms. The number of nitrogens with zero attached hydrogens (tertiary/aromatic N) is 3. The monoisotopic (exact) mass is 208 g/mol. The molecule has 82 valence electrons. The van der Waals surface area contributed by atoms with Gasteiger partial charge in [-0.05, 0) is 13.8 Å². The molecule has 5 nitrogen and oxygen atoms in total. The highest BCUT2D eigenvalue weighted by Crippen LogP contribution is 2.04. The van der Waals surface area contributed by atoms with Crippen molar-refractivity contribution in [3.05, 3.63) is 18.1 Å². The van der Waals surface area contributed by atoms with Crippen molar-refractivity contribution in [2.45, 2.75) is 13.8 Å². The van der Waals surface area contributed by atoms with Crippen molar-refractivity contribution in [2.75, 3.05) is 25.5 Å². The molecule has 0 saturated carbocycles. The summed E-state index contributed by atoms with van der Waals surface area (Å²) >= 11 is 0. The van der Waals surface area contributed by atoms with Gasteiger partial charge in [0, 0.05) is 20.1 Å². The van der Waals surface area contributed by atoms with E-state index in [1.165, 1.54) is 6.20 Å². The minimum absolute atomic E-state index is 0.107. The molecule has 0 aliphatic carbocycles. The maximum atomic E-state index is 11.7. The van der Waals surface area contributed by atoms with Crippen LogP contribution in [0.25, 0.3) is 0 Å². The number of hydrogen-bond donors (Lipinski definition) is 1. The van der Waals surface area contributed by atoms with Gasteiger partial charge in [-0.1, -0.05) is 0 Å². The number of carbonyl (C=O) groups is 1. The summed E-state index contributed by atoms with van der Waals surface area (Å²) in [5.41, 5.74) is 0.373.